The van der Waals surface area contributed by atoms with Crippen LogP contribution in [-0.2, 0) is 9.53 Å². The number of aliphatic imine (C=N–C) groups is 1. The molecule has 0 amide bonds. The first-order valence-corrected chi connectivity index (χ1v) is 8.44. The zero-order valence-corrected chi connectivity index (χ0v) is 14.1. The van der Waals surface area contributed by atoms with Crippen LogP contribution in [0.4, 0.5) is 0 Å². The van der Waals surface area contributed by atoms with Gasteiger partial charge in [-0.2, -0.15) is 0 Å². The van der Waals surface area contributed by atoms with Crippen molar-refractivity contribution in [3.05, 3.63) is 63.6 Å². The Kier molecular flexibility index (Phi) is 3.71. The number of carbonyl (C=O) groups excluding carboxylic acids is 1. The second-order valence-electron chi connectivity index (χ2n) is 5.32. The van der Waals surface area contributed by atoms with Crippen LogP contribution in [0.2, 0.25) is 5.02 Å². The number of phenolic OH excluding ortho intramolecular Hbond substituents is 2. The van der Waals surface area contributed by atoms with Gasteiger partial charge in [0.1, 0.15) is 16.4 Å². The summed E-state index contributed by atoms with van der Waals surface area (Å²) in [5.74, 6) is -0.726. The van der Waals surface area contributed by atoms with E-state index >= 15 is 0 Å². The minimum atomic E-state index is -0.629. The third-order valence-corrected chi connectivity index (χ3v) is 5.32. The molecule has 7 heteroatoms. The molecule has 0 radical (unpaired) electrons. The van der Waals surface area contributed by atoms with Crippen LogP contribution < -0.4 is 0 Å². The molecule has 0 bridgehead atoms. The molecule has 3 aromatic rings. The molecule has 2 N–H and O–H groups in total. The molecule has 0 saturated heterocycles. The van der Waals surface area contributed by atoms with Crippen molar-refractivity contribution in [1.82, 2.24) is 0 Å². The molecule has 0 unspecified atom stereocenters. The van der Waals surface area contributed by atoms with E-state index in [1.165, 1.54) is 35.6 Å². The average Bonchev–Trinajstić information content (AvgIpc) is 3.11. The SMILES string of the molecule is O=C1OC(c2sc3ccccc3c2Cl)=N/C1=C/c1ccc(O)cc1O. The second kappa shape index (κ2) is 5.91. The first-order valence-electron chi connectivity index (χ1n) is 7.25. The number of hydrogen-bond donors (Lipinski definition) is 2. The number of rotatable bonds is 2. The standard InChI is InChI=1S/C18H10ClNO4S/c19-15-11-3-1-2-4-14(11)25-16(15)17-20-12(18(23)24-17)7-9-5-6-10(21)8-13(9)22/h1-8,21-22H/b12-7+. The fourth-order valence-electron chi connectivity index (χ4n) is 2.46. The molecule has 2 heterocycles. The molecule has 0 atom stereocenters. The van der Waals surface area contributed by atoms with E-state index in [4.69, 9.17) is 16.3 Å². The van der Waals surface area contributed by atoms with Gasteiger partial charge in [-0.3, -0.25) is 0 Å². The van der Waals surface area contributed by atoms with Crippen LogP contribution in [0.3, 0.4) is 0 Å². The number of nitrogens with zero attached hydrogens (tertiary/aromatic N) is 1. The summed E-state index contributed by atoms with van der Waals surface area (Å²) in [5, 5.41) is 20.5. The number of phenols is 2. The molecule has 0 fully saturated rings. The topological polar surface area (TPSA) is 79.1 Å². The molecule has 25 heavy (non-hydrogen) atoms. The van der Waals surface area contributed by atoms with Gasteiger partial charge in [-0.25, -0.2) is 9.79 Å². The van der Waals surface area contributed by atoms with E-state index in [2.05, 4.69) is 4.99 Å². The number of esters is 1. The first kappa shape index (κ1) is 15.7. The molecule has 1 aliphatic heterocycles. The van der Waals surface area contributed by atoms with Crippen molar-refractivity contribution in [3.8, 4) is 11.5 Å². The summed E-state index contributed by atoms with van der Waals surface area (Å²) in [5.41, 5.74) is 0.390. The lowest BCUT2D eigenvalue weighted by Crippen LogP contribution is -2.04. The van der Waals surface area contributed by atoms with Crippen molar-refractivity contribution in [1.29, 1.82) is 0 Å². The lowest BCUT2D eigenvalue weighted by molar-refractivity contribution is -0.129. The third-order valence-electron chi connectivity index (χ3n) is 3.66. The van der Waals surface area contributed by atoms with Crippen molar-refractivity contribution < 1.29 is 19.7 Å². The van der Waals surface area contributed by atoms with E-state index in [0.29, 0.717) is 15.5 Å². The number of carbonyl (C=O) groups is 1. The molecule has 0 spiro atoms. The van der Waals surface area contributed by atoms with Crippen molar-refractivity contribution in [2.75, 3.05) is 0 Å². The van der Waals surface area contributed by atoms with Gasteiger partial charge in [0.15, 0.2) is 5.70 Å². The maximum absolute atomic E-state index is 12.1. The summed E-state index contributed by atoms with van der Waals surface area (Å²) in [6, 6.07) is 11.7. The molecule has 4 rings (SSSR count). The van der Waals surface area contributed by atoms with Gasteiger partial charge < -0.3 is 14.9 Å². The number of halogens is 1. The van der Waals surface area contributed by atoms with Crippen molar-refractivity contribution in [2.45, 2.75) is 0 Å². The summed E-state index contributed by atoms with van der Waals surface area (Å²) < 4.78 is 6.21. The minimum absolute atomic E-state index is 0.0458. The molecule has 2 aromatic carbocycles. The Morgan fingerprint density at radius 2 is 1.96 bits per heavy atom. The molecular formula is C18H10ClNO4S. The van der Waals surface area contributed by atoms with Gasteiger partial charge in [-0.15, -0.1) is 11.3 Å². The van der Waals surface area contributed by atoms with Gasteiger partial charge in [0.2, 0.25) is 5.90 Å². The van der Waals surface area contributed by atoms with E-state index in [1.54, 1.807) is 0 Å². The highest BCUT2D eigenvalue weighted by Gasteiger charge is 2.28. The smallest absolute Gasteiger partial charge is 0.363 e. The Balaban J connectivity index is 1.77. The molecule has 1 aliphatic rings. The van der Waals surface area contributed by atoms with Crippen LogP contribution in [0.15, 0.2) is 53.2 Å². The Morgan fingerprint density at radius 3 is 2.72 bits per heavy atom. The minimum Gasteiger partial charge on any atom is -0.508 e. The van der Waals surface area contributed by atoms with Crippen molar-refractivity contribution in [3.63, 3.8) is 0 Å². The highest BCUT2D eigenvalue weighted by atomic mass is 35.5. The van der Waals surface area contributed by atoms with Gasteiger partial charge in [-0.05, 0) is 24.3 Å². The molecule has 1 aromatic heterocycles. The largest absolute Gasteiger partial charge is 0.508 e. The molecular weight excluding hydrogens is 362 g/mol. The predicted octanol–water partition coefficient (Wildman–Crippen LogP) is 4.31. The van der Waals surface area contributed by atoms with Gasteiger partial charge in [0.05, 0.1) is 5.02 Å². The summed E-state index contributed by atoms with van der Waals surface area (Å²) in [4.78, 5) is 16.9. The maximum Gasteiger partial charge on any atom is 0.363 e. The molecule has 5 nitrogen and oxygen atoms in total. The van der Waals surface area contributed by atoms with E-state index < -0.39 is 5.97 Å². The molecule has 0 aliphatic carbocycles. The highest BCUT2D eigenvalue weighted by molar-refractivity contribution is 7.21. The fourth-order valence-corrected chi connectivity index (χ4v) is 3.90. The quantitative estimate of drug-likeness (QED) is 0.519. The van der Waals surface area contributed by atoms with Gasteiger partial charge in [0, 0.05) is 21.7 Å². The number of benzene rings is 2. The number of aromatic hydroxyl groups is 2. The number of cyclic esters (lactones) is 1. The van der Waals surface area contributed by atoms with Crippen LogP contribution in [0.1, 0.15) is 10.4 Å². The summed E-state index contributed by atoms with van der Waals surface area (Å²) >= 11 is 7.77. The Bertz CT molecular complexity index is 1080. The zero-order chi connectivity index (χ0) is 17.6. The lowest BCUT2D eigenvalue weighted by atomic mass is 10.1. The van der Waals surface area contributed by atoms with Crippen molar-refractivity contribution >= 4 is 51.0 Å². The van der Waals surface area contributed by atoms with E-state index in [0.717, 1.165) is 10.1 Å². The number of thiophene rings is 1. The second-order valence-corrected chi connectivity index (χ2v) is 6.75. The zero-order valence-electron chi connectivity index (χ0n) is 12.6. The molecule has 124 valence electrons. The fraction of sp³-hybridized carbons (Fsp3) is 0. The summed E-state index contributed by atoms with van der Waals surface area (Å²) in [6.45, 7) is 0. The van der Waals surface area contributed by atoms with E-state index in [-0.39, 0.29) is 23.1 Å². The number of hydrogen-bond acceptors (Lipinski definition) is 6. The lowest BCUT2D eigenvalue weighted by Gasteiger charge is -1.99. The monoisotopic (exact) mass is 371 g/mol. The highest BCUT2D eigenvalue weighted by Crippen LogP contribution is 2.37. The van der Waals surface area contributed by atoms with Gasteiger partial charge in [-0.1, -0.05) is 29.8 Å². The van der Waals surface area contributed by atoms with Crippen LogP contribution >= 0.6 is 22.9 Å². The Labute approximate surface area is 151 Å². The normalized spacial score (nSPS) is 15.6. The average molecular weight is 372 g/mol. The number of ether oxygens (including phenoxy) is 1. The van der Waals surface area contributed by atoms with Crippen LogP contribution in [0.25, 0.3) is 16.2 Å². The Morgan fingerprint density at radius 1 is 1.16 bits per heavy atom. The Hall–Kier alpha value is -2.83. The van der Waals surface area contributed by atoms with Gasteiger partial charge >= 0.3 is 5.97 Å². The van der Waals surface area contributed by atoms with Crippen molar-refractivity contribution in [2.24, 2.45) is 4.99 Å². The van der Waals surface area contributed by atoms with E-state index in [1.807, 2.05) is 24.3 Å². The van der Waals surface area contributed by atoms with Gasteiger partial charge in [0.25, 0.3) is 0 Å². The van der Waals surface area contributed by atoms with Crippen LogP contribution in [-0.4, -0.2) is 22.1 Å². The van der Waals surface area contributed by atoms with Crippen LogP contribution in [0, 0.1) is 0 Å². The number of fused-ring (bicyclic) bond motifs is 1. The third kappa shape index (κ3) is 2.75. The summed E-state index contributed by atoms with van der Waals surface area (Å²) in [7, 11) is 0. The maximum atomic E-state index is 12.1. The summed E-state index contributed by atoms with van der Waals surface area (Å²) in [6.07, 6.45) is 1.39. The first-order chi connectivity index (χ1) is 12.0. The van der Waals surface area contributed by atoms with E-state index in [9.17, 15) is 15.0 Å². The predicted molar refractivity (Wildman–Crippen MR) is 97.2 cm³/mol. The molecule has 0 saturated carbocycles. The van der Waals surface area contributed by atoms with Crippen LogP contribution in [0.5, 0.6) is 11.5 Å².